The van der Waals surface area contributed by atoms with Gasteiger partial charge in [0, 0.05) is 5.92 Å². The summed E-state index contributed by atoms with van der Waals surface area (Å²) in [4.78, 5) is 12.3. The van der Waals surface area contributed by atoms with Crippen LogP contribution in [0, 0.1) is 17.3 Å². The lowest BCUT2D eigenvalue weighted by Gasteiger charge is -2.15. The molecule has 0 radical (unpaired) electrons. The molecule has 1 aromatic rings. The Morgan fingerprint density at radius 3 is 3.04 bits per heavy atom. The smallest absolute Gasteiger partial charge is 0.244 e. The lowest BCUT2D eigenvalue weighted by atomic mass is 9.90. The van der Waals surface area contributed by atoms with Crippen molar-refractivity contribution in [2.75, 3.05) is 6.61 Å². The van der Waals surface area contributed by atoms with Crippen molar-refractivity contribution in [1.82, 2.24) is 5.43 Å². The number of amides is 1. The summed E-state index contributed by atoms with van der Waals surface area (Å²) in [5.41, 5.74) is 3.63. The van der Waals surface area contributed by atoms with Crippen LogP contribution in [0.5, 0.6) is 11.5 Å². The molecule has 124 valence electrons. The van der Waals surface area contributed by atoms with Gasteiger partial charge in [-0.15, -0.1) is 0 Å². The third kappa shape index (κ3) is 3.05. The number of nitrogens with zero attached hydrogens (tertiary/aromatic N) is 1. The number of carbonyl (C=O) groups excluding carboxylic acids is 1. The first kappa shape index (κ1) is 15.8. The third-order valence-corrected chi connectivity index (χ3v) is 5.29. The first-order chi connectivity index (χ1) is 11.1. The maximum absolute atomic E-state index is 12.3. The average Bonchev–Trinajstić information content (AvgIpc) is 3.16. The molecule has 0 heterocycles. The maximum atomic E-state index is 12.3. The van der Waals surface area contributed by atoms with E-state index in [1.165, 1.54) is 12.8 Å². The lowest BCUT2D eigenvalue weighted by molar-refractivity contribution is -0.123. The average molecular weight is 316 g/mol. The molecule has 5 heteroatoms. The SMILES string of the molecule is CCOc1cc(/C=N\NC(=O)[C@H]2[C@@H]3CCCC[C@@]32C)ccc1O. The second-order valence-corrected chi connectivity index (χ2v) is 6.73. The minimum Gasteiger partial charge on any atom is -0.504 e. The molecule has 0 saturated heterocycles. The molecule has 1 amide bonds. The Morgan fingerprint density at radius 1 is 1.52 bits per heavy atom. The number of phenolic OH excluding ortho intramolecular Hbond substituents is 1. The summed E-state index contributed by atoms with van der Waals surface area (Å²) in [5, 5.41) is 13.7. The van der Waals surface area contributed by atoms with E-state index in [0.29, 0.717) is 18.3 Å². The number of benzene rings is 1. The van der Waals surface area contributed by atoms with Crippen LogP contribution in [0.3, 0.4) is 0 Å². The Bertz CT molecular complexity index is 629. The summed E-state index contributed by atoms with van der Waals surface area (Å²) < 4.78 is 5.33. The molecule has 3 atom stereocenters. The Morgan fingerprint density at radius 2 is 2.35 bits per heavy atom. The molecule has 2 aliphatic carbocycles. The minimum atomic E-state index is 0.0273. The van der Waals surface area contributed by atoms with Crippen molar-refractivity contribution in [1.29, 1.82) is 0 Å². The number of aromatic hydroxyl groups is 1. The summed E-state index contributed by atoms with van der Waals surface area (Å²) in [7, 11) is 0. The predicted molar refractivity (Wildman–Crippen MR) is 88.6 cm³/mol. The number of hydrogen-bond acceptors (Lipinski definition) is 4. The van der Waals surface area contributed by atoms with Gasteiger partial charge < -0.3 is 9.84 Å². The fourth-order valence-corrected chi connectivity index (χ4v) is 3.97. The van der Waals surface area contributed by atoms with Crippen molar-refractivity contribution in [3.63, 3.8) is 0 Å². The van der Waals surface area contributed by atoms with Crippen LogP contribution in [-0.2, 0) is 4.79 Å². The van der Waals surface area contributed by atoms with E-state index in [4.69, 9.17) is 4.74 Å². The fourth-order valence-electron chi connectivity index (χ4n) is 3.97. The Hall–Kier alpha value is -2.04. The Kier molecular flexibility index (Phi) is 4.28. The summed E-state index contributed by atoms with van der Waals surface area (Å²) in [6, 6.07) is 4.99. The summed E-state index contributed by atoms with van der Waals surface area (Å²) in [6.45, 7) is 4.56. The molecule has 0 spiro atoms. The predicted octanol–water partition coefficient (Wildman–Crippen LogP) is 3.07. The molecule has 3 rings (SSSR count). The van der Waals surface area contributed by atoms with Gasteiger partial charge in [0.2, 0.25) is 5.91 Å². The van der Waals surface area contributed by atoms with Gasteiger partial charge >= 0.3 is 0 Å². The maximum Gasteiger partial charge on any atom is 0.244 e. The van der Waals surface area contributed by atoms with Gasteiger partial charge in [-0.05, 0) is 54.9 Å². The summed E-state index contributed by atoms with van der Waals surface area (Å²) in [6.07, 6.45) is 6.35. The molecule has 2 aliphatic rings. The van der Waals surface area contributed by atoms with Gasteiger partial charge in [0.05, 0.1) is 12.8 Å². The number of nitrogens with one attached hydrogen (secondary N) is 1. The lowest BCUT2D eigenvalue weighted by Crippen LogP contribution is -2.22. The van der Waals surface area contributed by atoms with Crippen molar-refractivity contribution in [2.45, 2.75) is 39.5 Å². The van der Waals surface area contributed by atoms with Crippen LogP contribution in [0.4, 0.5) is 0 Å². The molecule has 2 fully saturated rings. The molecule has 0 unspecified atom stereocenters. The zero-order chi connectivity index (χ0) is 16.4. The monoisotopic (exact) mass is 316 g/mol. The van der Waals surface area contributed by atoms with Crippen LogP contribution in [0.1, 0.15) is 45.1 Å². The van der Waals surface area contributed by atoms with Crippen molar-refractivity contribution in [2.24, 2.45) is 22.4 Å². The van der Waals surface area contributed by atoms with Crippen LogP contribution < -0.4 is 10.2 Å². The minimum absolute atomic E-state index is 0.0273. The molecule has 2 saturated carbocycles. The normalized spacial score (nSPS) is 29.1. The van der Waals surface area contributed by atoms with E-state index >= 15 is 0 Å². The van der Waals surface area contributed by atoms with Crippen LogP contribution in [0.2, 0.25) is 0 Å². The van der Waals surface area contributed by atoms with E-state index in [2.05, 4.69) is 17.5 Å². The van der Waals surface area contributed by atoms with E-state index in [0.717, 1.165) is 18.4 Å². The van der Waals surface area contributed by atoms with Crippen LogP contribution >= 0.6 is 0 Å². The number of phenols is 1. The van der Waals surface area contributed by atoms with Crippen molar-refractivity contribution < 1.29 is 14.6 Å². The third-order valence-electron chi connectivity index (χ3n) is 5.29. The standard InChI is InChI=1S/C18H24N2O3/c1-3-23-15-10-12(7-8-14(15)21)11-19-20-17(22)16-13-6-4-5-9-18(13,16)2/h7-8,10-11,13,16,21H,3-6,9H2,1-2H3,(H,20,22)/b19-11-/t13-,16+,18-/m0/s1. The highest BCUT2D eigenvalue weighted by Crippen LogP contribution is 2.66. The van der Waals surface area contributed by atoms with Crippen molar-refractivity contribution >= 4 is 12.1 Å². The Labute approximate surface area is 136 Å². The molecule has 5 nitrogen and oxygen atoms in total. The van der Waals surface area contributed by atoms with Crippen molar-refractivity contribution in [3.05, 3.63) is 23.8 Å². The second-order valence-electron chi connectivity index (χ2n) is 6.73. The van der Waals surface area contributed by atoms with E-state index in [-0.39, 0.29) is 23.0 Å². The van der Waals surface area contributed by atoms with Gasteiger partial charge in [-0.1, -0.05) is 19.8 Å². The molecule has 2 N–H and O–H groups in total. The quantitative estimate of drug-likeness (QED) is 0.648. The largest absolute Gasteiger partial charge is 0.504 e. The second kappa shape index (κ2) is 6.22. The number of fused-ring (bicyclic) bond motifs is 1. The van der Waals surface area contributed by atoms with Crippen LogP contribution in [-0.4, -0.2) is 23.8 Å². The van der Waals surface area contributed by atoms with Gasteiger partial charge in [-0.25, -0.2) is 5.43 Å². The fraction of sp³-hybridized carbons (Fsp3) is 0.556. The van der Waals surface area contributed by atoms with Gasteiger partial charge in [0.25, 0.3) is 0 Å². The van der Waals surface area contributed by atoms with Crippen LogP contribution in [0.25, 0.3) is 0 Å². The van der Waals surface area contributed by atoms with Crippen molar-refractivity contribution in [3.8, 4) is 11.5 Å². The zero-order valence-electron chi connectivity index (χ0n) is 13.7. The number of ether oxygens (including phenoxy) is 1. The van der Waals surface area contributed by atoms with E-state index in [1.807, 2.05) is 6.92 Å². The van der Waals surface area contributed by atoms with Crippen LogP contribution in [0.15, 0.2) is 23.3 Å². The van der Waals surface area contributed by atoms with E-state index in [9.17, 15) is 9.90 Å². The molecule has 23 heavy (non-hydrogen) atoms. The topological polar surface area (TPSA) is 70.9 Å². The molecule has 0 aromatic heterocycles. The number of rotatable bonds is 5. The number of carbonyl (C=O) groups is 1. The first-order valence-electron chi connectivity index (χ1n) is 8.35. The zero-order valence-corrected chi connectivity index (χ0v) is 13.7. The molecular weight excluding hydrogens is 292 g/mol. The van der Waals surface area contributed by atoms with E-state index in [1.54, 1.807) is 24.4 Å². The van der Waals surface area contributed by atoms with Gasteiger partial charge in [0.15, 0.2) is 11.5 Å². The molecule has 1 aromatic carbocycles. The van der Waals surface area contributed by atoms with Gasteiger partial charge in [-0.3, -0.25) is 4.79 Å². The summed E-state index contributed by atoms with van der Waals surface area (Å²) in [5.74, 6) is 1.19. The van der Waals surface area contributed by atoms with Gasteiger partial charge in [-0.2, -0.15) is 5.10 Å². The van der Waals surface area contributed by atoms with Gasteiger partial charge in [0.1, 0.15) is 0 Å². The van der Waals surface area contributed by atoms with E-state index < -0.39 is 0 Å². The first-order valence-corrected chi connectivity index (χ1v) is 8.35. The highest BCUT2D eigenvalue weighted by molar-refractivity contribution is 5.86. The number of hydrogen-bond donors (Lipinski definition) is 2. The number of hydrazone groups is 1. The highest BCUT2D eigenvalue weighted by atomic mass is 16.5. The molecular formula is C18H24N2O3. The highest BCUT2D eigenvalue weighted by Gasteiger charge is 2.64. The molecule has 0 aliphatic heterocycles. The summed E-state index contributed by atoms with van der Waals surface area (Å²) >= 11 is 0. The Balaban J connectivity index is 1.59. The molecule has 0 bridgehead atoms.